The number of amides is 1. The number of carbonyl (C=O) groups excluding carboxylic acids is 1. The largest absolute Gasteiger partial charge is 0.480 e. The first-order valence-corrected chi connectivity index (χ1v) is 6.28. The number of carbonyl (C=O) groups is 2. The lowest BCUT2D eigenvalue weighted by Crippen LogP contribution is -2.43. The summed E-state index contributed by atoms with van der Waals surface area (Å²) in [4.78, 5) is 22.8. The lowest BCUT2D eigenvalue weighted by Gasteiger charge is -2.26. The Morgan fingerprint density at radius 2 is 2.37 bits per heavy atom. The zero-order chi connectivity index (χ0) is 13.8. The Kier molecular flexibility index (Phi) is 4.10. The number of aromatic nitrogens is 3. The first kappa shape index (κ1) is 13.5. The summed E-state index contributed by atoms with van der Waals surface area (Å²) >= 11 is 0. The highest BCUT2D eigenvalue weighted by Crippen LogP contribution is 2.10. The van der Waals surface area contributed by atoms with Crippen molar-refractivity contribution in [1.82, 2.24) is 25.6 Å². The summed E-state index contributed by atoms with van der Waals surface area (Å²) in [5, 5.41) is 22.2. The highest BCUT2D eigenvalue weighted by atomic mass is 16.4. The van der Waals surface area contributed by atoms with Crippen LogP contribution in [0.2, 0.25) is 0 Å². The molecule has 1 atom stereocenters. The van der Waals surface area contributed by atoms with Gasteiger partial charge in [0, 0.05) is 13.1 Å². The Balaban J connectivity index is 1.98. The van der Waals surface area contributed by atoms with Crippen molar-refractivity contribution in [2.45, 2.75) is 31.8 Å². The van der Waals surface area contributed by atoms with Crippen LogP contribution in [0, 0.1) is 0 Å². The summed E-state index contributed by atoms with van der Waals surface area (Å²) in [6, 6.07) is -0.659. The molecular formula is C11H17N5O3. The molecule has 0 saturated carbocycles. The Morgan fingerprint density at radius 3 is 2.89 bits per heavy atom. The maximum absolute atomic E-state index is 11.9. The second kappa shape index (κ2) is 5.79. The predicted molar refractivity (Wildman–Crippen MR) is 65.7 cm³/mol. The highest BCUT2D eigenvalue weighted by molar-refractivity contribution is 5.94. The number of hydrogen-bond donors (Lipinski definition) is 3. The molecule has 1 aromatic rings. The van der Waals surface area contributed by atoms with Gasteiger partial charge in [0.1, 0.15) is 6.04 Å². The van der Waals surface area contributed by atoms with Crippen LogP contribution < -0.4 is 10.6 Å². The van der Waals surface area contributed by atoms with Crippen LogP contribution in [-0.2, 0) is 4.79 Å². The molecule has 8 nitrogen and oxygen atoms in total. The minimum Gasteiger partial charge on any atom is -0.480 e. The first-order valence-electron chi connectivity index (χ1n) is 6.28. The summed E-state index contributed by atoms with van der Waals surface area (Å²) in [5.41, 5.74) is 0.147. The van der Waals surface area contributed by atoms with Crippen LogP contribution in [0.5, 0.6) is 0 Å². The van der Waals surface area contributed by atoms with Crippen molar-refractivity contribution in [1.29, 1.82) is 0 Å². The second-order valence-electron chi connectivity index (χ2n) is 4.55. The Hall–Kier alpha value is -1.96. The van der Waals surface area contributed by atoms with Gasteiger partial charge in [-0.15, -0.1) is 5.10 Å². The third-order valence-electron chi connectivity index (χ3n) is 3.06. The van der Waals surface area contributed by atoms with Gasteiger partial charge in [-0.1, -0.05) is 18.6 Å². The molecule has 1 saturated heterocycles. The van der Waals surface area contributed by atoms with Crippen molar-refractivity contribution < 1.29 is 14.7 Å². The number of nitrogens with zero attached hydrogens (tertiary/aromatic N) is 3. The van der Waals surface area contributed by atoms with Gasteiger partial charge in [-0.3, -0.25) is 4.79 Å². The first-order chi connectivity index (χ1) is 9.11. The van der Waals surface area contributed by atoms with E-state index < -0.39 is 17.9 Å². The van der Waals surface area contributed by atoms with Crippen molar-refractivity contribution in [2.24, 2.45) is 0 Å². The van der Waals surface area contributed by atoms with Crippen molar-refractivity contribution >= 4 is 11.9 Å². The van der Waals surface area contributed by atoms with E-state index in [1.54, 1.807) is 10.9 Å². The Labute approximate surface area is 110 Å². The highest BCUT2D eigenvalue weighted by Gasteiger charge is 2.24. The lowest BCUT2D eigenvalue weighted by molar-refractivity contribution is -0.139. The average Bonchev–Trinajstić information content (AvgIpc) is 2.75. The van der Waals surface area contributed by atoms with Crippen molar-refractivity contribution in [3.05, 3.63) is 11.9 Å². The third-order valence-corrected chi connectivity index (χ3v) is 3.06. The Morgan fingerprint density at radius 1 is 1.63 bits per heavy atom. The summed E-state index contributed by atoms with van der Waals surface area (Å²) in [6.45, 7) is 3.47. The van der Waals surface area contributed by atoms with Crippen LogP contribution in [0.3, 0.4) is 0 Å². The molecule has 0 spiro atoms. The predicted octanol–water partition coefficient (Wildman–Crippen LogP) is -0.594. The van der Waals surface area contributed by atoms with Gasteiger partial charge in [0.2, 0.25) is 0 Å². The SMILES string of the molecule is CCCC(NC(=O)c1cn(C2CNC2)nn1)C(=O)O. The molecule has 3 N–H and O–H groups in total. The number of carboxylic acids is 1. The van der Waals surface area contributed by atoms with Crippen LogP contribution in [0.25, 0.3) is 0 Å². The molecule has 1 unspecified atom stereocenters. The summed E-state index contributed by atoms with van der Waals surface area (Å²) in [5.74, 6) is -1.54. The standard InChI is InChI=1S/C11H17N5O3/c1-2-3-8(11(18)19)13-10(17)9-6-16(15-14-9)7-4-12-5-7/h6-8,12H,2-5H2,1H3,(H,13,17)(H,18,19). The molecule has 1 aliphatic heterocycles. The van der Waals surface area contributed by atoms with Gasteiger partial charge in [-0.2, -0.15) is 0 Å². The summed E-state index contributed by atoms with van der Waals surface area (Å²) < 4.78 is 1.63. The third kappa shape index (κ3) is 3.08. The molecule has 2 rings (SSSR count). The van der Waals surface area contributed by atoms with Crippen LogP contribution >= 0.6 is 0 Å². The normalized spacial score (nSPS) is 16.7. The molecule has 2 heterocycles. The van der Waals surface area contributed by atoms with Gasteiger partial charge in [-0.05, 0) is 6.42 Å². The van der Waals surface area contributed by atoms with E-state index in [4.69, 9.17) is 5.11 Å². The minimum absolute atomic E-state index is 0.147. The van der Waals surface area contributed by atoms with E-state index in [0.29, 0.717) is 12.8 Å². The summed E-state index contributed by atoms with van der Waals surface area (Å²) in [7, 11) is 0. The molecular weight excluding hydrogens is 250 g/mol. The fraction of sp³-hybridized carbons (Fsp3) is 0.636. The molecule has 0 bridgehead atoms. The van der Waals surface area contributed by atoms with Gasteiger partial charge in [0.15, 0.2) is 5.69 Å². The molecule has 1 fully saturated rings. The van der Waals surface area contributed by atoms with Crippen LogP contribution in [0.4, 0.5) is 0 Å². The van der Waals surface area contributed by atoms with E-state index in [1.807, 2.05) is 6.92 Å². The van der Waals surface area contributed by atoms with Gasteiger partial charge >= 0.3 is 5.97 Å². The lowest BCUT2D eigenvalue weighted by atomic mass is 10.1. The van der Waals surface area contributed by atoms with E-state index in [0.717, 1.165) is 13.1 Å². The maximum Gasteiger partial charge on any atom is 0.326 e. The number of hydrogen-bond acceptors (Lipinski definition) is 5. The molecule has 104 valence electrons. The molecule has 1 amide bonds. The van der Waals surface area contributed by atoms with Crippen LogP contribution in [0.1, 0.15) is 36.3 Å². The van der Waals surface area contributed by atoms with Crippen molar-refractivity contribution in [2.75, 3.05) is 13.1 Å². The van der Waals surface area contributed by atoms with Gasteiger partial charge in [0.05, 0.1) is 12.2 Å². The van der Waals surface area contributed by atoms with E-state index in [-0.39, 0.29) is 11.7 Å². The number of rotatable bonds is 6. The molecule has 1 aromatic heterocycles. The van der Waals surface area contributed by atoms with E-state index in [9.17, 15) is 9.59 Å². The van der Waals surface area contributed by atoms with E-state index in [1.165, 1.54) is 0 Å². The molecule has 0 aliphatic carbocycles. The van der Waals surface area contributed by atoms with Crippen molar-refractivity contribution in [3.8, 4) is 0 Å². The van der Waals surface area contributed by atoms with Gasteiger partial charge in [0.25, 0.3) is 5.91 Å². The van der Waals surface area contributed by atoms with E-state index in [2.05, 4.69) is 20.9 Å². The second-order valence-corrected chi connectivity index (χ2v) is 4.55. The molecule has 19 heavy (non-hydrogen) atoms. The van der Waals surface area contributed by atoms with Crippen LogP contribution in [-0.4, -0.2) is 51.1 Å². The quantitative estimate of drug-likeness (QED) is 0.635. The number of aliphatic carboxylic acids is 1. The topological polar surface area (TPSA) is 109 Å². The monoisotopic (exact) mass is 267 g/mol. The molecule has 1 aliphatic rings. The zero-order valence-electron chi connectivity index (χ0n) is 10.7. The van der Waals surface area contributed by atoms with Gasteiger partial charge < -0.3 is 15.7 Å². The molecule has 0 radical (unpaired) electrons. The zero-order valence-corrected chi connectivity index (χ0v) is 10.7. The van der Waals surface area contributed by atoms with E-state index >= 15 is 0 Å². The molecule has 0 aromatic carbocycles. The minimum atomic E-state index is -1.04. The molecule has 8 heteroatoms. The average molecular weight is 267 g/mol. The smallest absolute Gasteiger partial charge is 0.326 e. The van der Waals surface area contributed by atoms with Gasteiger partial charge in [-0.25, -0.2) is 9.48 Å². The van der Waals surface area contributed by atoms with Crippen molar-refractivity contribution in [3.63, 3.8) is 0 Å². The number of carboxylic acid groups (broad SMARTS) is 1. The van der Waals surface area contributed by atoms with Crippen LogP contribution in [0.15, 0.2) is 6.20 Å². The fourth-order valence-corrected chi connectivity index (χ4v) is 1.80. The number of nitrogens with one attached hydrogen (secondary N) is 2. The Bertz CT molecular complexity index is 469. The summed E-state index contributed by atoms with van der Waals surface area (Å²) in [6.07, 6.45) is 2.62. The fourth-order valence-electron chi connectivity index (χ4n) is 1.80. The maximum atomic E-state index is 11.9.